The summed E-state index contributed by atoms with van der Waals surface area (Å²) in [7, 11) is 0. The number of carbonyl (C=O) groups is 2. The molecule has 0 saturated heterocycles. The second-order valence-corrected chi connectivity index (χ2v) is 6.17. The molecule has 0 aliphatic carbocycles. The van der Waals surface area contributed by atoms with E-state index < -0.39 is 86.6 Å². The molecule has 186 valence electrons. The fourth-order valence-corrected chi connectivity index (χ4v) is 2.69. The lowest BCUT2D eigenvalue weighted by Gasteiger charge is -2.09. The van der Waals surface area contributed by atoms with Gasteiger partial charge in [0.15, 0.2) is 11.1 Å². The van der Waals surface area contributed by atoms with Gasteiger partial charge in [0.1, 0.15) is 0 Å². The predicted octanol–water partition coefficient (Wildman–Crippen LogP) is 1.21. The summed E-state index contributed by atoms with van der Waals surface area (Å²) in [5.41, 5.74) is -7.96. The number of nitrogens with one attached hydrogen (secondary N) is 2. The van der Waals surface area contributed by atoms with Crippen molar-refractivity contribution < 1.29 is 39.1 Å². The van der Waals surface area contributed by atoms with Crippen LogP contribution in [0.1, 0.15) is 20.7 Å². The number of hydrogen-bond donors (Lipinski definition) is 2. The number of amides is 2. The van der Waals surface area contributed by atoms with Gasteiger partial charge in [-0.25, -0.2) is 0 Å². The van der Waals surface area contributed by atoms with Gasteiger partial charge < -0.3 is 0 Å². The Hall–Kier alpha value is -6.22. The van der Waals surface area contributed by atoms with Gasteiger partial charge in [-0.05, 0) is 0 Å². The van der Waals surface area contributed by atoms with Crippen LogP contribution in [0.3, 0.4) is 0 Å². The van der Waals surface area contributed by atoms with Crippen LogP contribution in [0.15, 0.2) is 24.3 Å². The summed E-state index contributed by atoms with van der Waals surface area (Å²) in [5.74, 6) is -3.63. The summed E-state index contributed by atoms with van der Waals surface area (Å²) in [5, 5.41) is 66.8. The zero-order valence-corrected chi connectivity index (χ0v) is 16.7. The molecule has 0 fully saturated rings. The zero-order chi connectivity index (χ0) is 27.5. The van der Waals surface area contributed by atoms with Crippen molar-refractivity contribution in [3.63, 3.8) is 0 Å². The topological polar surface area (TPSA) is 317 Å². The molecule has 22 nitrogen and oxygen atoms in total. The molecule has 0 spiro atoms. The number of carbonyl (C=O) groups excluding carboxylic acids is 2. The first-order chi connectivity index (χ1) is 16.7. The molecule has 0 heterocycles. The minimum Gasteiger partial charge on any atom is -0.267 e. The van der Waals surface area contributed by atoms with Crippen LogP contribution in [0.5, 0.6) is 0 Å². The zero-order valence-electron chi connectivity index (χ0n) is 16.7. The fourth-order valence-electron chi connectivity index (χ4n) is 2.69. The predicted molar refractivity (Wildman–Crippen MR) is 108 cm³/mol. The quantitative estimate of drug-likeness (QED) is 0.372. The number of hydrazine groups is 1. The summed E-state index contributed by atoms with van der Waals surface area (Å²) in [6, 6.07) is 0.816. The lowest BCUT2D eigenvalue weighted by atomic mass is 10.1. The first kappa shape index (κ1) is 26.0. The van der Waals surface area contributed by atoms with Crippen molar-refractivity contribution in [2.45, 2.75) is 0 Å². The van der Waals surface area contributed by atoms with Gasteiger partial charge in [0.25, 0.3) is 45.9 Å². The lowest BCUT2D eigenvalue weighted by molar-refractivity contribution is -0.403. The van der Waals surface area contributed by atoms with E-state index in [1.807, 2.05) is 0 Å². The van der Waals surface area contributed by atoms with E-state index in [1.54, 1.807) is 0 Å². The Bertz CT molecular complexity index is 1230. The van der Waals surface area contributed by atoms with E-state index in [1.165, 1.54) is 10.9 Å². The van der Waals surface area contributed by atoms with Gasteiger partial charge in [-0.3, -0.25) is 81.1 Å². The van der Waals surface area contributed by atoms with Crippen molar-refractivity contribution in [1.82, 2.24) is 10.9 Å². The molecule has 0 unspecified atom stereocenters. The van der Waals surface area contributed by atoms with Crippen LogP contribution in [0, 0.1) is 60.7 Å². The minimum atomic E-state index is -1.82. The number of hydrogen-bond acceptors (Lipinski definition) is 14. The smallest absolute Gasteiger partial charge is 0.267 e. The van der Waals surface area contributed by atoms with Crippen molar-refractivity contribution in [1.29, 1.82) is 0 Å². The van der Waals surface area contributed by atoms with E-state index in [0.29, 0.717) is 0 Å². The summed E-state index contributed by atoms with van der Waals surface area (Å²) >= 11 is 0. The Morgan fingerprint density at radius 1 is 0.472 bits per heavy atom. The number of nitro benzene ring substituents is 6. The molecule has 0 atom stereocenters. The highest BCUT2D eigenvalue weighted by atomic mass is 16.6. The summed E-state index contributed by atoms with van der Waals surface area (Å²) in [6.07, 6.45) is 0. The van der Waals surface area contributed by atoms with E-state index in [-0.39, 0.29) is 24.3 Å². The van der Waals surface area contributed by atoms with E-state index in [9.17, 15) is 70.3 Å². The Morgan fingerprint density at radius 3 is 0.861 bits per heavy atom. The average molecular weight is 510 g/mol. The van der Waals surface area contributed by atoms with Crippen molar-refractivity contribution >= 4 is 45.9 Å². The average Bonchev–Trinajstić information content (AvgIpc) is 2.79. The number of non-ortho nitro benzene ring substituents is 2. The monoisotopic (exact) mass is 510 g/mol. The largest absolute Gasteiger partial charge is 0.296 e. The molecule has 0 bridgehead atoms. The molecule has 36 heavy (non-hydrogen) atoms. The molecule has 2 N–H and O–H groups in total. The van der Waals surface area contributed by atoms with Crippen molar-refractivity contribution in [3.05, 3.63) is 96.1 Å². The Labute approximate surface area is 193 Å². The van der Waals surface area contributed by atoms with E-state index in [0.717, 1.165) is 0 Å². The van der Waals surface area contributed by atoms with E-state index in [4.69, 9.17) is 0 Å². The van der Waals surface area contributed by atoms with Crippen LogP contribution < -0.4 is 10.9 Å². The second-order valence-electron chi connectivity index (χ2n) is 6.17. The van der Waals surface area contributed by atoms with Crippen molar-refractivity contribution in [2.75, 3.05) is 0 Å². The van der Waals surface area contributed by atoms with Gasteiger partial charge in [0, 0.05) is 0 Å². The molecular weight excluding hydrogens is 504 g/mol. The van der Waals surface area contributed by atoms with Gasteiger partial charge >= 0.3 is 0 Å². The standard InChI is InChI=1S/C14H6N8O14/c23-13(11-7(19(29)30)1-5(17(25)26)2-8(11)20(31)32)15-16-14(24)12-9(21(33)34)3-6(18(27)28)4-10(12)22(35)36/h1-4H,(H,15,23)(H,16,24). The molecule has 2 aromatic carbocycles. The summed E-state index contributed by atoms with van der Waals surface area (Å²) in [4.78, 5) is 83.7. The van der Waals surface area contributed by atoms with Crippen LogP contribution in [-0.4, -0.2) is 41.4 Å². The third kappa shape index (κ3) is 5.05. The number of rotatable bonds is 8. The summed E-state index contributed by atoms with van der Waals surface area (Å²) in [6.45, 7) is 0. The highest BCUT2D eigenvalue weighted by Crippen LogP contribution is 2.35. The molecule has 0 aromatic heterocycles. The maximum absolute atomic E-state index is 12.4. The first-order valence-corrected chi connectivity index (χ1v) is 8.50. The van der Waals surface area contributed by atoms with Gasteiger partial charge in [0.05, 0.1) is 53.8 Å². The van der Waals surface area contributed by atoms with Gasteiger partial charge in [-0.2, -0.15) is 0 Å². The molecule has 22 heteroatoms. The first-order valence-electron chi connectivity index (χ1n) is 8.50. The third-order valence-electron chi connectivity index (χ3n) is 4.12. The van der Waals surface area contributed by atoms with Crippen molar-refractivity contribution in [2.24, 2.45) is 0 Å². The molecule has 0 aliphatic rings. The van der Waals surface area contributed by atoms with Crippen LogP contribution in [0.25, 0.3) is 0 Å². The Morgan fingerprint density at radius 2 is 0.694 bits per heavy atom. The molecule has 0 saturated carbocycles. The highest BCUT2D eigenvalue weighted by Gasteiger charge is 2.37. The number of nitro groups is 6. The van der Waals surface area contributed by atoms with E-state index in [2.05, 4.69) is 0 Å². The fraction of sp³-hybridized carbons (Fsp3) is 0. The van der Waals surface area contributed by atoms with Crippen LogP contribution in [0.4, 0.5) is 34.1 Å². The normalized spacial score (nSPS) is 10.1. The number of nitrogens with zero attached hydrogens (tertiary/aromatic N) is 6. The molecular formula is C14H6N8O14. The van der Waals surface area contributed by atoms with Gasteiger partial charge in [0.2, 0.25) is 0 Å². The molecule has 0 aliphatic heterocycles. The van der Waals surface area contributed by atoms with Crippen molar-refractivity contribution in [3.8, 4) is 0 Å². The molecule has 2 amide bonds. The van der Waals surface area contributed by atoms with Crippen LogP contribution in [0.2, 0.25) is 0 Å². The van der Waals surface area contributed by atoms with Gasteiger partial charge in [-0.1, -0.05) is 0 Å². The maximum Gasteiger partial charge on any atom is 0.296 e. The molecule has 0 radical (unpaired) electrons. The second kappa shape index (κ2) is 9.73. The van der Waals surface area contributed by atoms with Gasteiger partial charge in [-0.15, -0.1) is 0 Å². The molecule has 2 aromatic rings. The van der Waals surface area contributed by atoms with E-state index >= 15 is 0 Å². The molecule has 2 rings (SSSR count). The Kier molecular flexibility index (Phi) is 7.04. The van der Waals surface area contributed by atoms with Crippen LogP contribution in [-0.2, 0) is 0 Å². The minimum absolute atomic E-state index is 0.204. The number of benzene rings is 2. The maximum atomic E-state index is 12.4. The van der Waals surface area contributed by atoms with Crippen LogP contribution >= 0.6 is 0 Å². The SMILES string of the molecule is O=C(NNC(=O)c1c([N+](=O)[O-])cc([N+](=O)[O-])cc1[N+](=O)[O-])c1c([N+](=O)[O-])cc([N+](=O)[O-])cc1[N+](=O)[O-]. The third-order valence-corrected chi connectivity index (χ3v) is 4.12. The Balaban J connectivity index is 2.56. The highest BCUT2D eigenvalue weighted by molar-refractivity contribution is 6.06. The summed E-state index contributed by atoms with van der Waals surface area (Å²) < 4.78 is 0. The lowest BCUT2D eigenvalue weighted by Crippen LogP contribution is -2.42.